The SMILES string of the molecule is NCc1ccnc2ncccc12. The average molecular weight is 159 g/mol. The van der Waals surface area contributed by atoms with Crippen molar-refractivity contribution in [1.29, 1.82) is 0 Å². The van der Waals surface area contributed by atoms with Crippen LogP contribution in [-0.4, -0.2) is 9.97 Å². The Labute approximate surface area is 70.3 Å². The molecular weight excluding hydrogens is 150 g/mol. The fourth-order valence-electron chi connectivity index (χ4n) is 1.22. The van der Waals surface area contributed by atoms with Crippen LogP contribution in [0.5, 0.6) is 0 Å². The molecule has 12 heavy (non-hydrogen) atoms. The largest absolute Gasteiger partial charge is 0.326 e. The molecule has 0 aliphatic rings. The Bertz CT molecular complexity index is 392. The van der Waals surface area contributed by atoms with E-state index in [1.807, 2.05) is 18.2 Å². The summed E-state index contributed by atoms with van der Waals surface area (Å²) in [4.78, 5) is 8.25. The molecule has 0 aliphatic carbocycles. The number of fused-ring (bicyclic) bond motifs is 1. The zero-order valence-electron chi connectivity index (χ0n) is 6.57. The van der Waals surface area contributed by atoms with Gasteiger partial charge in [-0.05, 0) is 23.8 Å². The monoisotopic (exact) mass is 159 g/mol. The number of nitrogens with zero attached hydrogens (tertiary/aromatic N) is 2. The highest BCUT2D eigenvalue weighted by molar-refractivity contribution is 5.77. The normalized spacial score (nSPS) is 10.4. The summed E-state index contributed by atoms with van der Waals surface area (Å²) in [7, 11) is 0. The van der Waals surface area contributed by atoms with E-state index in [2.05, 4.69) is 9.97 Å². The lowest BCUT2D eigenvalue weighted by atomic mass is 10.1. The summed E-state index contributed by atoms with van der Waals surface area (Å²) < 4.78 is 0. The fraction of sp³-hybridized carbons (Fsp3) is 0.111. The van der Waals surface area contributed by atoms with Crippen LogP contribution in [0, 0.1) is 0 Å². The predicted molar refractivity (Wildman–Crippen MR) is 47.4 cm³/mol. The molecule has 0 radical (unpaired) electrons. The first-order valence-electron chi connectivity index (χ1n) is 3.80. The van der Waals surface area contributed by atoms with Crippen LogP contribution >= 0.6 is 0 Å². The van der Waals surface area contributed by atoms with Crippen LogP contribution in [0.15, 0.2) is 30.6 Å². The third kappa shape index (κ3) is 1.04. The van der Waals surface area contributed by atoms with Gasteiger partial charge in [0.15, 0.2) is 5.65 Å². The van der Waals surface area contributed by atoms with Crippen molar-refractivity contribution in [2.45, 2.75) is 6.54 Å². The summed E-state index contributed by atoms with van der Waals surface area (Å²) in [5.41, 5.74) is 7.42. The molecule has 0 aromatic carbocycles. The number of pyridine rings is 2. The molecule has 0 spiro atoms. The number of aromatic nitrogens is 2. The van der Waals surface area contributed by atoms with Crippen LogP contribution in [0.3, 0.4) is 0 Å². The molecule has 2 rings (SSSR count). The Balaban J connectivity index is 2.79. The van der Waals surface area contributed by atoms with E-state index in [1.54, 1.807) is 12.4 Å². The summed E-state index contributed by atoms with van der Waals surface area (Å²) in [5.74, 6) is 0. The maximum absolute atomic E-state index is 5.56. The summed E-state index contributed by atoms with van der Waals surface area (Å²) >= 11 is 0. The van der Waals surface area contributed by atoms with Gasteiger partial charge in [-0.3, -0.25) is 0 Å². The smallest absolute Gasteiger partial charge is 0.159 e. The van der Waals surface area contributed by atoms with Crippen molar-refractivity contribution >= 4 is 11.0 Å². The first-order valence-corrected chi connectivity index (χ1v) is 3.80. The van der Waals surface area contributed by atoms with Crippen molar-refractivity contribution in [3.05, 3.63) is 36.2 Å². The van der Waals surface area contributed by atoms with Crippen LogP contribution in [0.1, 0.15) is 5.56 Å². The lowest BCUT2D eigenvalue weighted by Gasteiger charge is -2.00. The van der Waals surface area contributed by atoms with Gasteiger partial charge in [-0.1, -0.05) is 0 Å². The summed E-state index contributed by atoms with van der Waals surface area (Å²) in [5, 5.41) is 1.04. The van der Waals surface area contributed by atoms with E-state index in [1.165, 1.54) is 0 Å². The maximum Gasteiger partial charge on any atom is 0.159 e. The van der Waals surface area contributed by atoms with E-state index in [9.17, 15) is 0 Å². The molecule has 2 heterocycles. The quantitative estimate of drug-likeness (QED) is 0.677. The molecule has 3 nitrogen and oxygen atoms in total. The highest BCUT2D eigenvalue weighted by atomic mass is 14.8. The summed E-state index contributed by atoms with van der Waals surface area (Å²) in [6, 6.07) is 5.80. The minimum Gasteiger partial charge on any atom is -0.326 e. The minimum absolute atomic E-state index is 0.532. The molecular formula is C9H9N3. The second-order valence-corrected chi connectivity index (χ2v) is 2.55. The van der Waals surface area contributed by atoms with Gasteiger partial charge >= 0.3 is 0 Å². The molecule has 0 atom stereocenters. The second-order valence-electron chi connectivity index (χ2n) is 2.55. The highest BCUT2D eigenvalue weighted by Gasteiger charge is 1.98. The standard InChI is InChI=1S/C9H9N3/c10-6-7-3-5-12-9-8(7)2-1-4-11-9/h1-5H,6,10H2. The molecule has 0 saturated heterocycles. The van der Waals surface area contributed by atoms with Gasteiger partial charge in [0.25, 0.3) is 0 Å². The molecule has 2 N–H and O–H groups in total. The molecule has 3 heteroatoms. The van der Waals surface area contributed by atoms with Gasteiger partial charge in [-0.15, -0.1) is 0 Å². The lowest BCUT2D eigenvalue weighted by molar-refractivity contribution is 1.08. The van der Waals surface area contributed by atoms with Gasteiger partial charge in [0.05, 0.1) is 0 Å². The number of hydrogen-bond acceptors (Lipinski definition) is 3. The van der Waals surface area contributed by atoms with Crippen molar-refractivity contribution < 1.29 is 0 Å². The van der Waals surface area contributed by atoms with Crippen molar-refractivity contribution in [2.75, 3.05) is 0 Å². The molecule has 0 saturated carbocycles. The van der Waals surface area contributed by atoms with Gasteiger partial charge in [-0.25, -0.2) is 9.97 Å². The molecule has 0 amide bonds. The van der Waals surface area contributed by atoms with Crippen molar-refractivity contribution in [2.24, 2.45) is 5.73 Å². The Morgan fingerprint density at radius 2 is 2.00 bits per heavy atom. The third-order valence-corrected chi connectivity index (χ3v) is 1.83. The van der Waals surface area contributed by atoms with Gasteiger partial charge in [0, 0.05) is 24.3 Å². The Morgan fingerprint density at radius 1 is 1.17 bits per heavy atom. The van der Waals surface area contributed by atoms with Crippen molar-refractivity contribution in [3.8, 4) is 0 Å². The number of nitrogens with two attached hydrogens (primary N) is 1. The number of rotatable bonds is 1. The van der Waals surface area contributed by atoms with Gasteiger partial charge in [0.1, 0.15) is 0 Å². The molecule has 0 unspecified atom stereocenters. The van der Waals surface area contributed by atoms with E-state index in [-0.39, 0.29) is 0 Å². The lowest BCUT2D eigenvalue weighted by Crippen LogP contribution is -1.98. The Kier molecular flexibility index (Phi) is 1.72. The third-order valence-electron chi connectivity index (χ3n) is 1.83. The minimum atomic E-state index is 0.532. The zero-order chi connectivity index (χ0) is 8.39. The molecule has 2 aromatic rings. The molecule has 0 fully saturated rings. The first-order chi connectivity index (χ1) is 5.92. The van der Waals surface area contributed by atoms with Gasteiger partial charge in [0.2, 0.25) is 0 Å². The van der Waals surface area contributed by atoms with Gasteiger partial charge in [-0.2, -0.15) is 0 Å². The van der Waals surface area contributed by atoms with E-state index < -0.39 is 0 Å². The second kappa shape index (κ2) is 2.87. The van der Waals surface area contributed by atoms with E-state index in [0.717, 1.165) is 16.6 Å². The highest BCUT2D eigenvalue weighted by Crippen LogP contribution is 2.12. The van der Waals surface area contributed by atoms with Crippen LogP contribution in [0.25, 0.3) is 11.0 Å². The Morgan fingerprint density at radius 3 is 2.83 bits per heavy atom. The summed E-state index contributed by atoms with van der Waals surface area (Å²) in [6.45, 7) is 0.532. The van der Waals surface area contributed by atoms with Crippen LogP contribution < -0.4 is 5.73 Å². The Hall–Kier alpha value is -1.48. The molecule has 0 bridgehead atoms. The van der Waals surface area contributed by atoms with Crippen LogP contribution in [0.2, 0.25) is 0 Å². The van der Waals surface area contributed by atoms with E-state index in [4.69, 9.17) is 5.73 Å². The van der Waals surface area contributed by atoms with Crippen molar-refractivity contribution in [3.63, 3.8) is 0 Å². The van der Waals surface area contributed by atoms with Crippen LogP contribution in [-0.2, 0) is 6.54 Å². The van der Waals surface area contributed by atoms with E-state index in [0.29, 0.717) is 6.54 Å². The molecule has 0 aliphatic heterocycles. The average Bonchev–Trinajstić information content (AvgIpc) is 2.17. The first kappa shape index (κ1) is 7.18. The maximum atomic E-state index is 5.56. The topological polar surface area (TPSA) is 51.8 Å². The van der Waals surface area contributed by atoms with Gasteiger partial charge < -0.3 is 5.73 Å². The van der Waals surface area contributed by atoms with Crippen LogP contribution in [0.4, 0.5) is 0 Å². The molecule has 2 aromatic heterocycles. The summed E-state index contributed by atoms with van der Waals surface area (Å²) in [6.07, 6.45) is 3.47. The molecule has 60 valence electrons. The van der Waals surface area contributed by atoms with E-state index >= 15 is 0 Å². The van der Waals surface area contributed by atoms with Crippen molar-refractivity contribution in [1.82, 2.24) is 9.97 Å². The zero-order valence-corrected chi connectivity index (χ0v) is 6.57. The predicted octanol–water partition coefficient (Wildman–Crippen LogP) is 1.09. The number of hydrogen-bond donors (Lipinski definition) is 1. The fourth-order valence-corrected chi connectivity index (χ4v) is 1.22.